The van der Waals surface area contributed by atoms with Gasteiger partial charge in [-0.05, 0) is 18.7 Å². The third-order valence-corrected chi connectivity index (χ3v) is 4.23. The Bertz CT molecular complexity index is 602. The minimum absolute atomic E-state index is 0.0160. The first-order valence-corrected chi connectivity index (χ1v) is 7.72. The number of hydrogen-bond acceptors (Lipinski definition) is 3. The molecule has 21 heavy (non-hydrogen) atoms. The number of alkyl halides is 2. The van der Waals surface area contributed by atoms with Crippen molar-refractivity contribution >= 4 is 11.3 Å². The maximum absolute atomic E-state index is 12.8. The van der Waals surface area contributed by atoms with Gasteiger partial charge < -0.3 is 5.32 Å². The maximum atomic E-state index is 12.8. The highest BCUT2D eigenvalue weighted by molar-refractivity contribution is 7.09. The number of nitrogens with zero attached hydrogens (tertiary/aromatic N) is 1. The lowest BCUT2D eigenvalue weighted by Gasteiger charge is -2.17. The van der Waals surface area contributed by atoms with Gasteiger partial charge in [-0.1, -0.05) is 39.0 Å². The molecular weight excluding hydrogens is 290 g/mol. The van der Waals surface area contributed by atoms with Gasteiger partial charge in [0, 0.05) is 16.4 Å². The molecule has 1 unspecified atom stereocenters. The lowest BCUT2D eigenvalue weighted by Crippen LogP contribution is -2.19. The summed E-state index contributed by atoms with van der Waals surface area (Å²) in [7, 11) is 1.82. The Balaban J connectivity index is 2.35. The van der Waals surface area contributed by atoms with E-state index in [0.29, 0.717) is 0 Å². The van der Waals surface area contributed by atoms with E-state index in [1.54, 1.807) is 23.5 Å². The summed E-state index contributed by atoms with van der Waals surface area (Å²) in [6, 6.07) is 6.35. The second-order valence-corrected chi connectivity index (χ2v) is 6.90. The lowest BCUT2D eigenvalue weighted by molar-refractivity contribution is 0.151. The fourth-order valence-electron chi connectivity index (χ4n) is 2.07. The number of halogens is 2. The van der Waals surface area contributed by atoms with Crippen LogP contribution in [0, 0.1) is 0 Å². The first-order chi connectivity index (χ1) is 9.82. The van der Waals surface area contributed by atoms with Crippen molar-refractivity contribution in [2.24, 2.45) is 0 Å². The van der Waals surface area contributed by atoms with Gasteiger partial charge >= 0.3 is 0 Å². The molecule has 1 atom stereocenters. The minimum atomic E-state index is -2.45. The van der Waals surface area contributed by atoms with Gasteiger partial charge in [-0.2, -0.15) is 0 Å². The first-order valence-electron chi connectivity index (χ1n) is 6.84. The van der Waals surface area contributed by atoms with Crippen LogP contribution in [0.15, 0.2) is 29.6 Å². The van der Waals surface area contributed by atoms with Crippen LogP contribution in [0.1, 0.15) is 55.1 Å². The average Bonchev–Trinajstić information content (AvgIpc) is 2.89. The van der Waals surface area contributed by atoms with Crippen LogP contribution in [0.25, 0.3) is 0 Å². The van der Waals surface area contributed by atoms with E-state index in [4.69, 9.17) is 0 Å². The third-order valence-electron chi connectivity index (χ3n) is 3.32. The van der Waals surface area contributed by atoms with Gasteiger partial charge in [-0.25, -0.2) is 13.8 Å². The monoisotopic (exact) mass is 310 g/mol. The summed E-state index contributed by atoms with van der Waals surface area (Å²) < 4.78 is 25.7. The molecule has 2 nitrogen and oxygen atoms in total. The molecule has 5 heteroatoms. The van der Waals surface area contributed by atoms with Crippen LogP contribution in [-0.4, -0.2) is 12.0 Å². The van der Waals surface area contributed by atoms with Crippen molar-refractivity contribution in [1.82, 2.24) is 10.3 Å². The zero-order valence-corrected chi connectivity index (χ0v) is 13.5. The average molecular weight is 310 g/mol. The highest BCUT2D eigenvalue weighted by Crippen LogP contribution is 2.31. The highest BCUT2D eigenvalue weighted by atomic mass is 32.1. The standard InChI is InChI=1S/C16H20F2N2S/c1-16(2,3)12-9-21-15(20-12)13(19-4)10-6-5-7-11(8-10)14(17)18/h5-9,13-14,19H,1-4H3. The van der Waals surface area contributed by atoms with Gasteiger partial charge in [0.25, 0.3) is 6.43 Å². The molecule has 1 aromatic heterocycles. The lowest BCUT2D eigenvalue weighted by atomic mass is 9.93. The Morgan fingerprint density at radius 3 is 2.38 bits per heavy atom. The van der Waals surface area contributed by atoms with Gasteiger partial charge in [-0.15, -0.1) is 11.3 Å². The van der Waals surface area contributed by atoms with E-state index in [1.165, 1.54) is 6.07 Å². The second kappa shape index (κ2) is 6.20. The van der Waals surface area contributed by atoms with E-state index in [1.807, 2.05) is 18.5 Å². The van der Waals surface area contributed by atoms with Gasteiger partial charge in [0.1, 0.15) is 5.01 Å². The van der Waals surface area contributed by atoms with Crippen LogP contribution in [0.2, 0.25) is 0 Å². The number of benzene rings is 1. The Labute approximate surface area is 128 Å². The smallest absolute Gasteiger partial charge is 0.263 e. The summed E-state index contributed by atoms with van der Waals surface area (Å²) in [6.45, 7) is 6.33. The normalized spacial score (nSPS) is 13.7. The van der Waals surface area contributed by atoms with E-state index < -0.39 is 6.43 Å². The summed E-state index contributed by atoms with van der Waals surface area (Å²) in [6.07, 6.45) is -2.45. The summed E-state index contributed by atoms with van der Waals surface area (Å²) in [5.41, 5.74) is 1.86. The zero-order chi connectivity index (χ0) is 15.6. The van der Waals surface area contributed by atoms with Crippen LogP contribution in [0.4, 0.5) is 8.78 Å². The minimum Gasteiger partial charge on any atom is -0.307 e. The van der Waals surface area contributed by atoms with Crippen molar-refractivity contribution in [3.05, 3.63) is 51.5 Å². The van der Waals surface area contributed by atoms with Crippen molar-refractivity contribution in [2.75, 3.05) is 7.05 Å². The highest BCUT2D eigenvalue weighted by Gasteiger charge is 2.22. The molecule has 0 bridgehead atoms. The van der Waals surface area contributed by atoms with Crippen molar-refractivity contribution < 1.29 is 8.78 Å². The Morgan fingerprint density at radius 2 is 1.86 bits per heavy atom. The Hall–Kier alpha value is -1.33. The SMILES string of the molecule is CNC(c1cccc(C(F)F)c1)c1nc(C(C)(C)C)cs1. The van der Waals surface area contributed by atoms with Crippen molar-refractivity contribution in [3.63, 3.8) is 0 Å². The molecule has 0 fully saturated rings. The van der Waals surface area contributed by atoms with Crippen LogP contribution in [0.3, 0.4) is 0 Å². The summed E-state index contributed by atoms with van der Waals surface area (Å²) >= 11 is 1.56. The molecule has 1 aromatic carbocycles. The Morgan fingerprint density at radius 1 is 1.19 bits per heavy atom. The number of rotatable bonds is 4. The van der Waals surface area contributed by atoms with Gasteiger partial charge in [-0.3, -0.25) is 0 Å². The first kappa shape index (κ1) is 16.0. The van der Waals surface area contributed by atoms with E-state index >= 15 is 0 Å². The largest absolute Gasteiger partial charge is 0.307 e. The van der Waals surface area contributed by atoms with Crippen molar-refractivity contribution in [2.45, 2.75) is 38.7 Å². The van der Waals surface area contributed by atoms with Crippen molar-refractivity contribution in [1.29, 1.82) is 0 Å². The molecule has 1 N–H and O–H groups in total. The number of hydrogen-bond donors (Lipinski definition) is 1. The number of thiazole rings is 1. The molecule has 2 rings (SSSR count). The molecule has 0 spiro atoms. The summed E-state index contributed by atoms with van der Waals surface area (Å²) in [4.78, 5) is 4.67. The topological polar surface area (TPSA) is 24.9 Å². The molecular formula is C16H20F2N2S. The van der Waals surface area contributed by atoms with E-state index in [9.17, 15) is 8.78 Å². The summed E-state index contributed by atoms with van der Waals surface area (Å²) in [5, 5.41) is 6.10. The number of nitrogens with one attached hydrogen (secondary N) is 1. The molecule has 0 aliphatic heterocycles. The molecule has 114 valence electrons. The Kier molecular flexibility index (Phi) is 4.74. The van der Waals surface area contributed by atoms with Crippen LogP contribution >= 0.6 is 11.3 Å². The maximum Gasteiger partial charge on any atom is 0.263 e. The van der Waals surface area contributed by atoms with Gasteiger partial charge in [0.15, 0.2) is 0 Å². The molecule has 0 saturated heterocycles. The van der Waals surface area contributed by atoms with Crippen molar-refractivity contribution in [3.8, 4) is 0 Å². The fraction of sp³-hybridized carbons (Fsp3) is 0.438. The predicted octanol–water partition coefficient (Wildman–Crippen LogP) is 4.69. The molecule has 0 aliphatic carbocycles. The molecule has 0 radical (unpaired) electrons. The molecule has 1 heterocycles. The molecule has 0 aliphatic rings. The van der Waals surface area contributed by atoms with E-state index in [-0.39, 0.29) is 17.0 Å². The predicted molar refractivity (Wildman–Crippen MR) is 83.1 cm³/mol. The van der Waals surface area contributed by atoms with Gasteiger partial charge in [0.2, 0.25) is 0 Å². The van der Waals surface area contributed by atoms with Crippen LogP contribution in [0.5, 0.6) is 0 Å². The van der Waals surface area contributed by atoms with E-state index in [2.05, 4.69) is 31.1 Å². The van der Waals surface area contributed by atoms with Gasteiger partial charge in [0.05, 0.1) is 11.7 Å². The summed E-state index contributed by atoms with van der Waals surface area (Å²) in [5.74, 6) is 0. The second-order valence-electron chi connectivity index (χ2n) is 6.01. The van der Waals surface area contributed by atoms with Crippen LogP contribution in [-0.2, 0) is 5.41 Å². The quantitative estimate of drug-likeness (QED) is 0.886. The fourth-order valence-corrected chi connectivity index (χ4v) is 3.25. The number of aromatic nitrogens is 1. The zero-order valence-electron chi connectivity index (χ0n) is 12.7. The van der Waals surface area contributed by atoms with E-state index in [0.717, 1.165) is 16.3 Å². The molecule has 0 saturated carbocycles. The molecule has 2 aromatic rings. The molecule has 0 amide bonds. The van der Waals surface area contributed by atoms with Crippen LogP contribution < -0.4 is 5.32 Å². The third kappa shape index (κ3) is 3.66.